The first-order chi connectivity index (χ1) is 8.29. The van der Waals surface area contributed by atoms with Gasteiger partial charge in [0.05, 0.1) is 6.20 Å². The molecule has 1 aliphatic carbocycles. The lowest BCUT2D eigenvalue weighted by atomic mass is 9.83. The van der Waals surface area contributed by atoms with Crippen molar-refractivity contribution in [3.8, 4) is 0 Å². The Hall–Kier alpha value is -0.960. The fourth-order valence-corrected chi connectivity index (χ4v) is 2.80. The van der Waals surface area contributed by atoms with Crippen LogP contribution >= 0.6 is 0 Å². The molecule has 94 valence electrons. The van der Waals surface area contributed by atoms with Crippen LogP contribution in [0.1, 0.15) is 50.1 Å². The summed E-state index contributed by atoms with van der Waals surface area (Å²) >= 11 is 0. The third-order valence-electron chi connectivity index (χ3n) is 3.77. The Balaban J connectivity index is 2.00. The summed E-state index contributed by atoms with van der Waals surface area (Å²) < 4.78 is 13.2. The highest BCUT2D eigenvalue weighted by atomic mass is 19.1. The molecule has 1 fully saturated rings. The second kappa shape index (κ2) is 6.10. The van der Waals surface area contributed by atoms with Crippen molar-refractivity contribution in [3.63, 3.8) is 0 Å². The van der Waals surface area contributed by atoms with Crippen LogP contribution in [0.15, 0.2) is 18.5 Å². The van der Waals surface area contributed by atoms with E-state index in [1.807, 2.05) is 7.05 Å². The number of halogens is 1. The minimum absolute atomic E-state index is 0.237. The maximum Gasteiger partial charge on any atom is 0.141 e. The summed E-state index contributed by atoms with van der Waals surface area (Å²) in [6.45, 7) is 0. The number of pyridine rings is 1. The first-order valence-corrected chi connectivity index (χ1v) is 6.57. The molecule has 1 saturated carbocycles. The van der Waals surface area contributed by atoms with Crippen LogP contribution in [0.4, 0.5) is 4.39 Å². The van der Waals surface area contributed by atoms with Crippen molar-refractivity contribution < 1.29 is 4.39 Å². The van der Waals surface area contributed by atoms with Crippen LogP contribution < -0.4 is 5.32 Å². The summed E-state index contributed by atoms with van der Waals surface area (Å²) in [4.78, 5) is 3.93. The minimum Gasteiger partial charge on any atom is -0.313 e. The van der Waals surface area contributed by atoms with E-state index in [0.717, 1.165) is 17.9 Å². The number of nitrogens with zero attached hydrogens (tertiary/aromatic N) is 1. The van der Waals surface area contributed by atoms with E-state index in [0.29, 0.717) is 0 Å². The fraction of sp³-hybridized carbons (Fsp3) is 0.643. The van der Waals surface area contributed by atoms with E-state index in [1.54, 1.807) is 12.3 Å². The highest BCUT2D eigenvalue weighted by Gasteiger charge is 2.19. The van der Waals surface area contributed by atoms with Crippen LogP contribution in [-0.4, -0.2) is 12.0 Å². The number of aromatic nitrogens is 1. The van der Waals surface area contributed by atoms with Gasteiger partial charge >= 0.3 is 0 Å². The third-order valence-corrected chi connectivity index (χ3v) is 3.77. The molecule has 1 aromatic rings. The van der Waals surface area contributed by atoms with Crippen molar-refractivity contribution in [1.29, 1.82) is 0 Å². The topological polar surface area (TPSA) is 24.9 Å². The van der Waals surface area contributed by atoms with Gasteiger partial charge in [0.2, 0.25) is 0 Å². The lowest BCUT2D eigenvalue weighted by Crippen LogP contribution is -2.21. The zero-order valence-corrected chi connectivity index (χ0v) is 10.5. The molecule has 0 spiro atoms. The predicted octanol–water partition coefficient (Wildman–Crippen LogP) is 3.45. The van der Waals surface area contributed by atoms with Crippen LogP contribution in [0.25, 0.3) is 0 Å². The normalized spacial score (nSPS) is 19.2. The maximum atomic E-state index is 13.2. The molecule has 0 radical (unpaired) electrons. The van der Waals surface area contributed by atoms with E-state index < -0.39 is 0 Å². The Morgan fingerprint density at radius 3 is 2.76 bits per heavy atom. The lowest BCUT2D eigenvalue weighted by Gasteiger charge is -2.26. The SMILES string of the molecule is CNC(CC1CCCCC1)c1cncc(F)c1. The number of nitrogens with one attached hydrogen (secondary N) is 1. The number of rotatable bonds is 4. The molecule has 2 nitrogen and oxygen atoms in total. The van der Waals surface area contributed by atoms with E-state index in [-0.39, 0.29) is 11.9 Å². The summed E-state index contributed by atoms with van der Waals surface area (Å²) in [7, 11) is 1.94. The molecule has 1 aromatic heterocycles. The van der Waals surface area contributed by atoms with Crippen molar-refractivity contribution in [1.82, 2.24) is 10.3 Å². The Bertz CT molecular complexity index is 348. The Morgan fingerprint density at radius 1 is 1.35 bits per heavy atom. The Kier molecular flexibility index (Phi) is 4.49. The van der Waals surface area contributed by atoms with Gasteiger partial charge in [-0.1, -0.05) is 32.1 Å². The molecular formula is C14H21FN2. The zero-order valence-electron chi connectivity index (χ0n) is 10.5. The largest absolute Gasteiger partial charge is 0.313 e. The molecule has 1 N–H and O–H groups in total. The average molecular weight is 236 g/mol. The highest BCUT2D eigenvalue weighted by Crippen LogP contribution is 2.31. The van der Waals surface area contributed by atoms with Crippen LogP contribution in [0.3, 0.4) is 0 Å². The van der Waals surface area contributed by atoms with Gasteiger partial charge in [-0.15, -0.1) is 0 Å². The maximum absolute atomic E-state index is 13.2. The fourth-order valence-electron chi connectivity index (χ4n) is 2.80. The van der Waals surface area contributed by atoms with Crippen molar-refractivity contribution in [2.45, 2.75) is 44.6 Å². The van der Waals surface area contributed by atoms with E-state index in [1.165, 1.54) is 38.3 Å². The molecule has 0 aromatic carbocycles. The van der Waals surface area contributed by atoms with Crippen molar-refractivity contribution in [2.24, 2.45) is 5.92 Å². The standard InChI is InChI=1S/C14H21FN2/c1-16-14(7-11-5-3-2-4-6-11)12-8-13(15)10-17-9-12/h8-11,14,16H,2-7H2,1H3. The molecule has 17 heavy (non-hydrogen) atoms. The molecular weight excluding hydrogens is 215 g/mol. The highest BCUT2D eigenvalue weighted by molar-refractivity contribution is 5.15. The Labute approximate surface area is 103 Å². The molecule has 1 aliphatic rings. The smallest absolute Gasteiger partial charge is 0.141 e. The van der Waals surface area contributed by atoms with E-state index in [2.05, 4.69) is 10.3 Å². The first kappa shape index (κ1) is 12.5. The molecule has 1 heterocycles. The first-order valence-electron chi connectivity index (χ1n) is 6.57. The molecule has 0 aliphatic heterocycles. The molecule has 1 atom stereocenters. The molecule has 3 heteroatoms. The van der Waals surface area contributed by atoms with Crippen molar-refractivity contribution in [2.75, 3.05) is 7.05 Å². The molecule has 0 saturated heterocycles. The average Bonchev–Trinajstić information content (AvgIpc) is 2.37. The molecule has 2 rings (SSSR count). The zero-order chi connectivity index (χ0) is 12.1. The van der Waals surface area contributed by atoms with Gasteiger partial charge < -0.3 is 5.32 Å². The third kappa shape index (κ3) is 3.50. The van der Waals surface area contributed by atoms with E-state index in [4.69, 9.17) is 0 Å². The van der Waals surface area contributed by atoms with Gasteiger partial charge in [-0.05, 0) is 31.0 Å². The summed E-state index contributed by atoms with van der Waals surface area (Å²) in [5.41, 5.74) is 0.970. The Morgan fingerprint density at radius 2 is 2.12 bits per heavy atom. The van der Waals surface area contributed by atoms with Gasteiger partial charge in [0, 0.05) is 12.2 Å². The van der Waals surface area contributed by atoms with Crippen LogP contribution in [0.5, 0.6) is 0 Å². The minimum atomic E-state index is -0.244. The monoisotopic (exact) mass is 236 g/mol. The summed E-state index contributed by atoms with van der Waals surface area (Å²) in [5, 5.41) is 3.29. The van der Waals surface area contributed by atoms with Gasteiger partial charge in [-0.2, -0.15) is 0 Å². The van der Waals surface area contributed by atoms with Crippen molar-refractivity contribution >= 4 is 0 Å². The quantitative estimate of drug-likeness (QED) is 0.866. The summed E-state index contributed by atoms with van der Waals surface area (Å²) in [5.74, 6) is 0.538. The second-order valence-corrected chi connectivity index (χ2v) is 5.02. The molecule has 0 amide bonds. The van der Waals surface area contributed by atoms with Gasteiger partial charge in [-0.25, -0.2) is 4.39 Å². The van der Waals surface area contributed by atoms with Crippen LogP contribution in [0, 0.1) is 11.7 Å². The summed E-state index contributed by atoms with van der Waals surface area (Å²) in [6, 6.07) is 1.83. The predicted molar refractivity (Wildman–Crippen MR) is 67.2 cm³/mol. The molecule has 1 unspecified atom stereocenters. The van der Waals surface area contributed by atoms with E-state index >= 15 is 0 Å². The van der Waals surface area contributed by atoms with Gasteiger partial charge in [0.1, 0.15) is 5.82 Å². The van der Waals surface area contributed by atoms with Gasteiger partial charge in [0.15, 0.2) is 0 Å². The van der Waals surface area contributed by atoms with Gasteiger partial charge in [0.25, 0.3) is 0 Å². The van der Waals surface area contributed by atoms with Crippen LogP contribution in [-0.2, 0) is 0 Å². The number of hydrogen-bond acceptors (Lipinski definition) is 2. The second-order valence-electron chi connectivity index (χ2n) is 5.02. The van der Waals surface area contributed by atoms with E-state index in [9.17, 15) is 4.39 Å². The summed E-state index contributed by atoms with van der Waals surface area (Å²) in [6.07, 6.45) is 10.8. The van der Waals surface area contributed by atoms with Crippen LogP contribution in [0.2, 0.25) is 0 Å². The van der Waals surface area contributed by atoms with Crippen molar-refractivity contribution in [3.05, 3.63) is 29.8 Å². The lowest BCUT2D eigenvalue weighted by molar-refractivity contribution is 0.305. The molecule has 0 bridgehead atoms. The van der Waals surface area contributed by atoms with Gasteiger partial charge in [-0.3, -0.25) is 4.98 Å². The number of hydrogen-bond donors (Lipinski definition) is 1.